The fourth-order valence-corrected chi connectivity index (χ4v) is 2.97. The van der Waals surface area contributed by atoms with Crippen LogP contribution in [0.1, 0.15) is 30.1 Å². The van der Waals surface area contributed by atoms with Crippen LogP contribution in [-0.4, -0.2) is 67.4 Å². The Balaban J connectivity index is 1.89. The number of likely N-dealkylation sites (tertiary alicyclic amines) is 1. The van der Waals surface area contributed by atoms with Crippen LogP contribution in [0.4, 0.5) is 0 Å². The third-order valence-electron chi connectivity index (χ3n) is 4.19. The van der Waals surface area contributed by atoms with Crippen molar-refractivity contribution in [2.24, 2.45) is 0 Å². The molecule has 1 aliphatic heterocycles. The van der Waals surface area contributed by atoms with E-state index in [1.165, 1.54) is 6.92 Å². The average molecular weight is 385 g/mol. The van der Waals surface area contributed by atoms with Crippen LogP contribution >= 0.6 is 11.6 Å². The van der Waals surface area contributed by atoms with Crippen molar-refractivity contribution < 1.29 is 24.2 Å². The number of rotatable bonds is 7. The summed E-state index contributed by atoms with van der Waals surface area (Å²) >= 11 is 6.25. The molecule has 1 fully saturated rings. The maximum absolute atomic E-state index is 12.0. The first-order valence-corrected chi connectivity index (χ1v) is 9.00. The van der Waals surface area contributed by atoms with Crippen molar-refractivity contribution in [3.05, 3.63) is 28.8 Å². The molecule has 0 bridgehead atoms. The van der Waals surface area contributed by atoms with Gasteiger partial charge in [0.05, 0.1) is 11.6 Å². The number of aliphatic hydroxyl groups excluding tert-OH is 1. The fourth-order valence-electron chi connectivity index (χ4n) is 2.74. The number of ether oxygens (including phenoxy) is 2. The number of nitrogens with zero attached hydrogens (tertiary/aromatic N) is 1. The van der Waals surface area contributed by atoms with E-state index < -0.39 is 6.10 Å². The molecular formula is C18H25ClN2O5. The molecule has 0 unspecified atom stereocenters. The average Bonchev–Trinajstić information content (AvgIpc) is 2.63. The SMILES string of the molecule is COCCNC(=O)c1ccc(OC2CCN(C(=O)[C@@H](C)O)CC2)c(Cl)c1. The Labute approximate surface area is 158 Å². The number of carbonyl (C=O) groups excluding carboxylic acids is 2. The Kier molecular flexibility index (Phi) is 7.68. The molecule has 2 amide bonds. The fraction of sp³-hybridized carbons (Fsp3) is 0.556. The second-order valence-electron chi connectivity index (χ2n) is 6.21. The number of piperidine rings is 1. The highest BCUT2D eigenvalue weighted by atomic mass is 35.5. The van der Waals surface area contributed by atoms with Crippen LogP contribution in [0.5, 0.6) is 5.75 Å². The zero-order valence-corrected chi connectivity index (χ0v) is 15.8. The van der Waals surface area contributed by atoms with E-state index in [1.807, 2.05) is 0 Å². The summed E-state index contributed by atoms with van der Waals surface area (Å²) in [6.07, 6.45) is 0.277. The lowest BCUT2D eigenvalue weighted by molar-refractivity contribution is -0.141. The van der Waals surface area contributed by atoms with E-state index >= 15 is 0 Å². The number of aliphatic hydroxyl groups is 1. The van der Waals surface area contributed by atoms with Gasteiger partial charge in [0.25, 0.3) is 11.8 Å². The number of benzene rings is 1. The number of halogens is 1. The quantitative estimate of drug-likeness (QED) is 0.695. The summed E-state index contributed by atoms with van der Waals surface area (Å²) < 4.78 is 10.8. The van der Waals surface area contributed by atoms with Gasteiger partial charge >= 0.3 is 0 Å². The highest BCUT2D eigenvalue weighted by Crippen LogP contribution is 2.28. The monoisotopic (exact) mass is 384 g/mol. The van der Waals surface area contributed by atoms with Crippen LogP contribution in [-0.2, 0) is 9.53 Å². The van der Waals surface area contributed by atoms with Crippen molar-refractivity contribution in [1.29, 1.82) is 0 Å². The van der Waals surface area contributed by atoms with Gasteiger partial charge in [0.1, 0.15) is 18.0 Å². The van der Waals surface area contributed by atoms with Gasteiger partial charge < -0.3 is 24.8 Å². The number of nitrogens with one attached hydrogen (secondary N) is 1. The molecule has 8 heteroatoms. The smallest absolute Gasteiger partial charge is 0.251 e. The molecule has 2 N–H and O–H groups in total. The standard InChI is InChI=1S/C18H25ClN2O5/c1-12(22)18(24)21-8-5-14(6-9-21)26-16-4-3-13(11-15(16)19)17(23)20-7-10-25-2/h3-4,11-12,14,22H,5-10H2,1-2H3,(H,20,23)/t12-/m1/s1. The molecule has 144 valence electrons. The van der Waals surface area contributed by atoms with Crippen molar-refractivity contribution in [2.45, 2.75) is 32.0 Å². The summed E-state index contributed by atoms with van der Waals surface area (Å²) in [7, 11) is 1.57. The summed E-state index contributed by atoms with van der Waals surface area (Å²) in [5.41, 5.74) is 0.454. The predicted octanol–water partition coefficient (Wildman–Crippen LogP) is 1.47. The minimum Gasteiger partial charge on any atom is -0.489 e. The highest BCUT2D eigenvalue weighted by molar-refractivity contribution is 6.32. The summed E-state index contributed by atoms with van der Waals surface area (Å²) in [5, 5.41) is 12.5. The summed E-state index contributed by atoms with van der Waals surface area (Å²) in [6.45, 7) is 3.40. The second-order valence-corrected chi connectivity index (χ2v) is 6.62. The van der Waals surface area contributed by atoms with Crippen molar-refractivity contribution in [2.75, 3.05) is 33.4 Å². The minimum atomic E-state index is -0.982. The Bertz CT molecular complexity index is 630. The molecule has 0 aromatic heterocycles. The van der Waals surface area contributed by atoms with Crippen molar-refractivity contribution in [3.63, 3.8) is 0 Å². The first-order chi connectivity index (χ1) is 12.4. The maximum atomic E-state index is 12.0. The summed E-state index contributed by atoms with van der Waals surface area (Å²) in [5.74, 6) is 0.0335. The molecule has 0 saturated carbocycles. The van der Waals surface area contributed by atoms with Gasteiger partial charge in [-0.05, 0) is 25.1 Å². The molecule has 0 spiro atoms. The number of methoxy groups -OCH3 is 1. The van der Waals surface area contributed by atoms with Crippen LogP contribution < -0.4 is 10.1 Å². The normalized spacial score (nSPS) is 16.2. The van der Waals surface area contributed by atoms with Gasteiger partial charge in [0, 0.05) is 45.1 Å². The Hall–Kier alpha value is -1.83. The topological polar surface area (TPSA) is 88.1 Å². The summed E-state index contributed by atoms with van der Waals surface area (Å²) in [4.78, 5) is 25.4. The van der Waals surface area contributed by atoms with E-state index in [2.05, 4.69) is 5.32 Å². The van der Waals surface area contributed by atoms with Gasteiger partial charge in [-0.2, -0.15) is 0 Å². The minimum absolute atomic E-state index is 0.0630. The van der Waals surface area contributed by atoms with Crippen molar-refractivity contribution >= 4 is 23.4 Å². The van der Waals surface area contributed by atoms with E-state index in [0.29, 0.717) is 55.4 Å². The number of hydrogen-bond donors (Lipinski definition) is 2. The van der Waals surface area contributed by atoms with E-state index in [-0.39, 0.29) is 17.9 Å². The number of amides is 2. The van der Waals surface area contributed by atoms with Crippen LogP contribution in [0.15, 0.2) is 18.2 Å². The lowest BCUT2D eigenvalue weighted by Crippen LogP contribution is -2.45. The number of hydrogen-bond acceptors (Lipinski definition) is 5. The first kappa shape index (κ1) is 20.5. The highest BCUT2D eigenvalue weighted by Gasteiger charge is 2.26. The molecule has 1 heterocycles. The third-order valence-corrected chi connectivity index (χ3v) is 4.49. The zero-order valence-electron chi connectivity index (χ0n) is 15.0. The predicted molar refractivity (Wildman–Crippen MR) is 97.6 cm³/mol. The van der Waals surface area contributed by atoms with Gasteiger partial charge in [-0.1, -0.05) is 11.6 Å². The molecule has 1 saturated heterocycles. The van der Waals surface area contributed by atoms with Crippen molar-refractivity contribution in [3.8, 4) is 5.75 Å². The molecule has 1 aliphatic rings. The van der Waals surface area contributed by atoms with E-state index in [0.717, 1.165) is 0 Å². The van der Waals surface area contributed by atoms with Crippen molar-refractivity contribution in [1.82, 2.24) is 10.2 Å². The molecule has 1 aromatic carbocycles. The van der Waals surface area contributed by atoms with Crippen LogP contribution in [0.2, 0.25) is 5.02 Å². The molecule has 7 nitrogen and oxygen atoms in total. The van der Waals surface area contributed by atoms with Crippen LogP contribution in [0, 0.1) is 0 Å². The first-order valence-electron chi connectivity index (χ1n) is 8.62. The second kappa shape index (κ2) is 9.75. The zero-order chi connectivity index (χ0) is 19.1. The molecule has 0 radical (unpaired) electrons. The van der Waals surface area contributed by atoms with Gasteiger partial charge in [0.15, 0.2) is 0 Å². The Morgan fingerprint density at radius 3 is 2.65 bits per heavy atom. The largest absolute Gasteiger partial charge is 0.489 e. The van der Waals surface area contributed by atoms with Gasteiger partial charge in [-0.15, -0.1) is 0 Å². The Morgan fingerprint density at radius 1 is 1.38 bits per heavy atom. The molecule has 26 heavy (non-hydrogen) atoms. The van der Waals surface area contributed by atoms with E-state index in [1.54, 1.807) is 30.2 Å². The van der Waals surface area contributed by atoms with Gasteiger partial charge in [-0.3, -0.25) is 9.59 Å². The van der Waals surface area contributed by atoms with Gasteiger partial charge in [-0.25, -0.2) is 0 Å². The van der Waals surface area contributed by atoms with E-state index in [9.17, 15) is 14.7 Å². The summed E-state index contributed by atoms with van der Waals surface area (Å²) in [6, 6.07) is 4.92. The molecular weight excluding hydrogens is 360 g/mol. The van der Waals surface area contributed by atoms with E-state index in [4.69, 9.17) is 21.1 Å². The molecule has 1 atom stereocenters. The van der Waals surface area contributed by atoms with Crippen LogP contribution in [0.3, 0.4) is 0 Å². The van der Waals surface area contributed by atoms with Crippen LogP contribution in [0.25, 0.3) is 0 Å². The lowest BCUT2D eigenvalue weighted by Gasteiger charge is -2.33. The Morgan fingerprint density at radius 2 is 2.08 bits per heavy atom. The van der Waals surface area contributed by atoms with Gasteiger partial charge in [0.2, 0.25) is 0 Å². The number of carbonyl (C=O) groups is 2. The maximum Gasteiger partial charge on any atom is 0.251 e. The lowest BCUT2D eigenvalue weighted by atomic mass is 10.1. The third kappa shape index (κ3) is 5.59. The molecule has 0 aliphatic carbocycles. The molecule has 1 aromatic rings. The molecule has 2 rings (SSSR count).